The summed E-state index contributed by atoms with van der Waals surface area (Å²) in [7, 11) is 61.7. The van der Waals surface area contributed by atoms with Gasteiger partial charge in [-0.2, -0.15) is 0 Å². The molecule has 27 heteroatoms. The van der Waals surface area contributed by atoms with Gasteiger partial charge in [0, 0.05) is 10.8 Å². The van der Waals surface area contributed by atoms with Gasteiger partial charge in [0.1, 0.15) is 215 Å². The molecule has 0 saturated carbocycles. The fraction of sp³-hybridized carbons (Fsp3) is 0. The minimum absolute atomic E-state index is 1.02. The molecule has 10 rings (SSSR count). The summed E-state index contributed by atoms with van der Waals surface area (Å²) in [5, 5.41) is 16.5. The summed E-state index contributed by atoms with van der Waals surface area (Å²) in [5.41, 5.74) is 43.1. The lowest BCUT2D eigenvalue weighted by Gasteiger charge is -2.32. The predicted molar refractivity (Wildman–Crippen MR) is 405 cm³/mol. The largest absolute Gasteiger partial charge is 0.457 e. The molecule has 10 aromatic rings. The maximum atomic E-state index is 7.47. The zero-order valence-corrected chi connectivity index (χ0v) is 48.4. The minimum Gasteiger partial charge on any atom is -0.457 e. The SMILES string of the molecule is Bc1c(B)c(-c2c3c(B)c(B)c(B)c(B)c3c(-c3c(B)c4c(B)c(B)c(B)c(B)c4c4c(B)c(B)c(B)c(B)c34)c3c(B)c(B)c(B)c(B)c23)c2c(oc3c(B)c4c(B)c(B)c(B)c(B)c4c(B)c32)c1B. The molecule has 0 bridgehead atoms. The average Bonchev–Trinajstić information content (AvgIpc) is 3.75. The summed E-state index contributed by atoms with van der Waals surface area (Å²) in [6, 6.07) is 0. The first-order valence-corrected chi connectivity index (χ1v) is 26.4. The van der Waals surface area contributed by atoms with Gasteiger partial charge in [0.15, 0.2) is 0 Å². The number of furan rings is 1. The summed E-state index contributed by atoms with van der Waals surface area (Å²) < 4.78 is 7.47. The second kappa shape index (κ2) is 16.6. The molecule has 0 aliphatic heterocycles. The maximum absolute atomic E-state index is 7.47. The highest BCUT2D eigenvalue weighted by Crippen LogP contribution is 2.44. The zero-order chi connectivity index (χ0) is 52.1. The highest BCUT2D eigenvalue weighted by atomic mass is 16.3. The van der Waals surface area contributed by atoms with E-state index in [1.807, 2.05) is 0 Å². The van der Waals surface area contributed by atoms with Gasteiger partial charge in [0.2, 0.25) is 0 Å². The lowest BCUT2D eigenvalue weighted by Crippen LogP contribution is -2.52. The van der Waals surface area contributed by atoms with E-state index in [9.17, 15) is 0 Å². The van der Waals surface area contributed by atoms with Crippen molar-refractivity contribution in [2.45, 2.75) is 0 Å². The number of hydrogen-bond acceptors (Lipinski definition) is 1. The monoisotopic (exact) mass is 883 g/mol. The van der Waals surface area contributed by atoms with Gasteiger partial charge < -0.3 is 4.42 Å². The second-order valence-electron chi connectivity index (χ2n) is 23.0. The topological polar surface area (TPSA) is 13.1 Å². The van der Waals surface area contributed by atoms with Crippen LogP contribution in [0.5, 0.6) is 0 Å². The number of benzene rings is 9. The standard InChI is InChI=1S/C44H52B26O/c45-17-3(9-10(25(53)36(64)35(63)24(9)52)11-13(17)27(55)38(66)37(65)26(11)54)1-4-6(21(49)33(61)31(59)19(4)47)2(7-5(1)20(48)32(60)34(62)22(7)50)8-12-16-18(46)14-15(29(57)40(68)39(67)28(14)56)30(58)44(16)71-43(12)42(70)41(69)23(8)51/h45-70H2. The first kappa shape index (κ1) is 50.3. The summed E-state index contributed by atoms with van der Waals surface area (Å²) in [6.07, 6.45) is 0. The van der Waals surface area contributed by atoms with Crippen molar-refractivity contribution in [2.24, 2.45) is 0 Å². The Hall–Kier alpha value is -4.23. The molecule has 0 unspecified atom stereocenters. The third-order valence-electron chi connectivity index (χ3n) is 20.7. The average molecular weight is 878 g/mol. The van der Waals surface area contributed by atoms with Gasteiger partial charge in [-0.25, -0.2) is 0 Å². The second-order valence-corrected chi connectivity index (χ2v) is 23.0. The van der Waals surface area contributed by atoms with Gasteiger partial charge in [0.25, 0.3) is 0 Å². The highest BCUT2D eigenvalue weighted by molar-refractivity contribution is 6.78. The van der Waals surface area contributed by atoms with E-state index >= 15 is 0 Å². The van der Waals surface area contributed by atoms with Gasteiger partial charge in [-0.3, -0.25) is 0 Å². The van der Waals surface area contributed by atoms with Crippen LogP contribution < -0.4 is 142 Å². The molecule has 9 aromatic carbocycles. The van der Waals surface area contributed by atoms with Crippen LogP contribution in [-0.2, 0) is 0 Å². The van der Waals surface area contributed by atoms with E-state index in [1.54, 1.807) is 0 Å². The molecule has 1 heterocycles. The summed E-state index contributed by atoms with van der Waals surface area (Å²) in [6.45, 7) is 0. The van der Waals surface area contributed by atoms with E-state index in [0.717, 1.165) is 11.2 Å². The van der Waals surface area contributed by atoms with E-state index in [-0.39, 0.29) is 0 Å². The van der Waals surface area contributed by atoms with Crippen molar-refractivity contribution in [1.29, 1.82) is 0 Å². The molecule has 0 fully saturated rings. The van der Waals surface area contributed by atoms with Crippen LogP contribution in [0, 0.1) is 0 Å². The van der Waals surface area contributed by atoms with E-state index in [1.165, 1.54) is 229 Å². The molecule has 0 radical (unpaired) electrons. The van der Waals surface area contributed by atoms with Gasteiger partial charge in [-0.05, 0) is 81.6 Å². The van der Waals surface area contributed by atoms with Crippen molar-refractivity contribution in [1.82, 2.24) is 0 Å². The van der Waals surface area contributed by atoms with Gasteiger partial charge in [0.05, 0.1) is 0 Å². The van der Waals surface area contributed by atoms with Crippen LogP contribution in [0.1, 0.15) is 0 Å². The molecule has 0 aliphatic carbocycles. The third kappa shape index (κ3) is 6.20. The van der Waals surface area contributed by atoms with Crippen molar-refractivity contribution < 1.29 is 4.42 Å². The van der Waals surface area contributed by atoms with E-state index in [2.05, 4.69) is 204 Å². The summed E-state index contributed by atoms with van der Waals surface area (Å²) >= 11 is 0. The Kier molecular flexibility index (Phi) is 11.8. The van der Waals surface area contributed by atoms with Crippen molar-refractivity contribution in [3.63, 3.8) is 0 Å². The molecule has 0 N–H and O–H groups in total. The summed E-state index contributed by atoms with van der Waals surface area (Å²) in [5.74, 6) is 0. The van der Waals surface area contributed by atoms with E-state index in [4.69, 9.17) is 4.42 Å². The Balaban J connectivity index is 1.62. The number of rotatable bonds is 2. The summed E-state index contributed by atoms with van der Waals surface area (Å²) in [4.78, 5) is 0. The first-order chi connectivity index (χ1) is 33.2. The van der Waals surface area contributed by atoms with Crippen LogP contribution in [0.25, 0.3) is 98.1 Å². The van der Waals surface area contributed by atoms with Crippen LogP contribution in [0.15, 0.2) is 4.42 Å². The predicted octanol–water partition coefficient (Wildman–Crippen LogP) is -32.6. The molecule has 71 heavy (non-hydrogen) atoms. The third-order valence-corrected chi connectivity index (χ3v) is 20.7. The molecule has 312 valence electrons. The zero-order valence-electron chi connectivity index (χ0n) is 48.4. The molecule has 1 nitrogen and oxygen atoms in total. The van der Waals surface area contributed by atoms with Gasteiger partial charge in [-0.1, -0.05) is 81.9 Å². The Labute approximate surface area is 445 Å². The van der Waals surface area contributed by atoms with Crippen LogP contribution in [0.4, 0.5) is 0 Å². The molecular formula is C44H52B26O. The number of hydrogen-bond donors (Lipinski definition) is 0. The van der Waals surface area contributed by atoms with Crippen LogP contribution >= 0.6 is 0 Å². The first-order valence-electron chi connectivity index (χ1n) is 26.4. The number of fused-ring (bicyclic) bond motifs is 9. The van der Waals surface area contributed by atoms with Crippen LogP contribution in [0.2, 0.25) is 0 Å². The lowest BCUT2D eigenvalue weighted by atomic mass is 9.56. The van der Waals surface area contributed by atoms with Gasteiger partial charge >= 0.3 is 0 Å². The van der Waals surface area contributed by atoms with Gasteiger partial charge in [-0.15, -0.1) is 54.6 Å². The molecular weight excluding hydrogens is 826 g/mol. The van der Waals surface area contributed by atoms with E-state index in [0.29, 0.717) is 0 Å². The van der Waals surface area contributed by atoms with Crippen molar-refractivity contribution >= 4 is 422 Å². The molecule has 1 aromatic heterocycles. The normalized spacial score (nSPS) is 12.0. The van der Waals surface area contributed by atoms with Crippen molar-refractivity contribution in [3.05, 3.63) is 0 Å². The Morgan fingerprint density at radius 1 is 0.127 bits per heavy atom. The minimum atomic E-state index is 1.02. The van der Waals surface area contributed by atoms with Crippen molar-refractivity contribution in [2.75, 3.05) is 0 Å². The van der Waals surface area contributed by atoms with Crippen molar-refractivity contribution in [3.8, 4) is 22.3 Å². The molecule has 0 amide bonds. The Morgan fingerprint density at radius 3 is 0.704 bits per heavy atom. The fourth-order valence-corrected chi connectivity index (χ4v) is 14.5. The van der Waals surface area contributed by atoms with E-state index < -0.39 is 0 Å². The lowest BCUT2D eigenvalue weighted by molar-refractivity contribution is 0.675. The molecule has 0 spiro atoms. The van der Waals surface area contributed by atoms with Crippen LogP contribution in [-0.4, -0.2) is 204 Å². The molecule has 0 saturated heterocycles. The Morgan fingerprint density at radius 2 is 0.352 bits per heavy atom. The quantitative estimate of drug-likeness (QED) is 0.0958. The molecule has 0 atom stereocenters. The highest BCUT2D eigenvalue weighted by Gasteiger charge is 2.32. The fourth-order valence-electron chi connectivity index (χ4n) is 14.5. The molecule has 0 aliphatic rings. The van der Waals surface area contributed by atoms with Crippen LogP contribution in [0.3, 0.4) is 0 Å². The maximum Gasteiger partial charge on any atom is 0.145 e. The smallest absolute Gasteiger partial charge is 0.145 e. The Bertz CT molecular complexity index is 4210.